The normalized spacial score (nSPS) is 26.1. The molecule has 2 aromatic rings. The van der Waals surface area contributed by atoms with E-state index in [1.54, 1.807) is 0 Å². The molecule has 27 heavy (non-hydrogen) atoms. The number of carbonyl (C=O) groups excluding carboxylic acids is 1. The molecule has 2 aliphatic rings. The minimum Gasteiger partial charge on any atom is -0.349 e. The predicted octanol–water partition coefficient (Wildman–Crippen LogP) is 3.07. The number of benzene rings is 1. The largest absolute Gasteiger partial charge is 0.349 e. The van der Waals surface area contributed by atoms with Gasteiger partial charge in [-0.25, -0.2) is 0 Å². The molecule has 0 saturated carbocycles. The highest BCUT2D eigenvalue weighted by Crippen LogP contribution is 2.41. The molecule has 1 aliphatic carbocycles. The van der Waals surface area contributed by atoms with Crippen LogP contribution < -0.4 is 10.6 Å². The van der Waals surface area contributed by atoms with Gasteiger partial charge in [0.25, 0.3) is 0 Å². The number of amides is 1. The summed E-state index contributed by atoms with van der Waals surface area (Å²) in [6.07, 6.45) is 5.99. The van der Waals surface area contributed by atoms with Gasteiger partial charge in [0.1, 0.15) is 0 Å². The van der Waals surface area contributed by atoms with Crippen LogP contribution in [0.25, 0.3) is 0 Å². The number of halogens is 1. The summed E-state index contributed by atoms with van der Waals surface area (Å²) >= 11 is 0. The third-order valence-electron chi connectivity index (χ3n) is 6.14. The predicted molar refractivity (Wildman–Crippen MR) is 109 cm³/mol. The Bertz CT molecular complexity index is 816. The average Bonchev–Trinajstić information content (AvgIpc) is 3.26. The molecule has 1 fully saturated rings. The molecule has 146 valence electrons. The Kier molecular flexibility index (Phi) is 5.63. The number of nitrogens with one attached hydrogen (secondary N) is 2. The van der Waals surface area contributed by atoms with E-state index in [9.17, 15) is 4.79 Å². The van der Waals surface area contributed by atoms with Crippen molar-refractivity contribution >= 4 is 18.3 Å². The number of rotatable bonds is 3. The zero-order valence-corrected chi connectivity index (χ0v) is 17.1. The fraction of sp³-hybridized carbons (Fsp3) is 0.524. The summed E-state index contributed by atoms with van der Waals surface area (Å²) in [4.78, 5) is 13.1. The van der Waals surface area contributed by atoms with Gasteiger partial charge in [-0.2, -0.15) is 5.10 Å². The monoisotopic (exact) mass is 388 g/mol. The molecule has 1 saturated heterocycles. The number of carbonyl (C=O) groups is 1. The number of aromatic nitrogens is 2. The summed E-state index contributed by atoms with van der Waals surface area (Å²) in [5.74, 6) is 0.309. The van der Waals surface area contributed by atoms with Gasteiger partial charge in [0.15, 0.2) is 0 Å². The molecular weight excluding hydrogens is 360 g/mol. The lowest BCUT2D eigenvalue weighted by atomic mass is 9.71. The Morgan fingerprint density at radius 1 is 1.30 bits per heavy atom. The summed E-state index contributed by atoms with van der Waals surface area (Å²) in [7, 11) is 1.92. The van der Waals surface area contributed by atoms with Crippen LogP contribution >= 0.6 is 12.4 Å². The molecule has 1 aromatic heterocycles. The Morgan fingerprint density at radius 2 is 2.07 bits per heavy atom. The van der Waals surface area contributed by atoms with Crippen molar-refractivity contribution in [2.45, 2.75) is 44.1 Å². The number of hydrogen-bond acceptors (Lipinski definition) is 3. The first-order valence-electron chi connectivity index (χ1n) is 9.55. The van der Waals surface area contributed by atoms with Crippen molar-refractivity contribution in [2.75, 3.05) is 13.1 Å². The van der Waals surface area contributed by atoms with Gasteiger partial charge >= 0.3 is 0 Å². The number of nitrogens with zero attached hydrogens (tertiary/aromatic N) is 2. The molecule has 0 spiro atoms. The average molecular weight is 389 g/mol. The van der Waals surface area contributed by atoms with Crippen LogP contribution in [0.15, 0.2) is 36.7 Å². The lowest BCUT2D eigenvalue weighted by Gasteiger charge is -2.37. The molecule has 3 atom stereocenters. The van der Waals surface area contributed by atoms with Crippen LogP contribution in [-0.4, -0.2) is 28.8 Å². The van der Waals surface area contributed by atoms with E-state index < -0.39 is 0 Å². The first-order valence-corrected chi connectivity index (χ1v) is 9.55. The SMILES string of the molecule is Cl.Cn1cc([C@H]2CNC[C@@H]2C(=O)NC2CCC(C)(C)c3ccccc32)cn1. The minimum absolute atomic E-state index is 0. The molecule has 2 heterocycles. The summed E-state index contributed by atoms with van der Waals surface area (Å²) in [6, 6.07) is 8.68. The minimum atomic E-state index is -0.0405. The molecule has 2 N–H and O–H groups in total. The second-order valence-corrected chi connectivity index (χ2v) is 8.39. The van der Waals surface area contributed by atoms with Crippen LogP contribution in [-0.2, 0) is 17.3 Å². The standard InChI is InChI=1S/C21H28N4O.ClH/c1-21(2)9-8-19(15-6-4-5-7-18(15)21)24-20(26)17-12-22-11-16(17)14-10-23-25(3)13-14;/h4-7,10,13,16-17,19,22H,8-9,11-12H2,1-3H3,(H,24,26);1H/t16-,17+,19?;/m1./s1. The zero-order chi connectivity index (χ0) is 18.3. The van der Waals surface area contributed by atoms with E-state index in [0.29, 0.717) is 0 Å². The quantitative estimate of drug-likeness (QED) is 0.849. The lowest BCUT2D eigenvalue weighted by molar-refractivity contribution is -0.125. The van der Waals surface area contributed by atoms with Crippen LogP contribution in [0.2, 0.25) is 0 Å². The Labute approximate surface area is 167 Å². The fourth-order valence-electron chi connectivity index (χ4n) is 4.58. The van der Waals surface area contributed by atoms with Crippen molar-refractivity contribution in [3.8, 4) is 0 Å². The first-order chi connectivity index (χ1) is 12.5. The highest BCUT2D eigenvalue weighted by Gasteiger charge is 2.38. The van der Waals surface area contributed by atoms with E-state index in [1.807, 2.05) is 24.1 Å². The molecule has 4 rings (SSSR count). The maximum Gasteiger partial charge on any atom is 0.225 e. The van der Waals surface area contributed by atoms with E-state index in [2.05, 4.69) is 53.8 Å². The van der Waals surface area contributed by atoms with Crippen molar-refractivity contribution in [3.05, 3.63) is 53.3 Å². The van der Waals surface area contributed by atoms with Gasteiger partial charge in [-0.3, -0.25) is 9.48 Å². The van der Waals surface area contributed by atoms with E-state index >= 15 is 0 Å². The van der Waals surface area contributed by atoms with Crippen molar-refractivity contribution in [2.24, 2.45) is 13.0 Å². The van der Waals surface area contributed by atoms with Crippen LogP contribution in [0.4, 0.5) is 0 Å². The number of aryl methyl sites for hydroxylation is 1. The van der Waals surface area contributed by atoms with E-state index in [4.69, 9.17) is 0 Å². The number of hydrogen-bond donors (Lipinski definition) is 2. The molecule has 0 radical (unpaired) electrons. The van der Waals surface area contributed by atoms with Gasteiger partial charge in [-0.15, -0.1) is 12.4 Å². The molecule has 1 unspecified atom stereocenters. The molecule has 5 nitrogen and oxygen atoms in total. The van der Waals surface area contributed by atoms with Crippen molar-refractivity contribution < 1.29 is 4.79 Å². The van der Waals surface area contributed by atoms with Crippen LogP contribution in [0.5, 0.6) is 0 Å². The molecule has 6 heteroatoms. The summed E-state index contributed by atoms with van der Waals surface area (Å²) in [5, 5.41) is 11.0. The number of fused-ring (bicyclic) bond motifs is 1. The highest BCUT2D eigenvalue weighted by molar-refractivity contribution is 5.85. The van der Waals surface area contributed by atoms with Crippen LogP contribution in [0.1, 0.15) is 55.3 Å². The molecule has 1 amide bonds. The second kappa shape index (κ2) is 7.64. The highest BCUT2D eigenvalue weighted by atomic mass is 35.5. The third-order valence-corrected chi connectivity index (χ3v) is 6.14. The van der Waals surface area contributed by atoms with Gasteiger partial charge in [0.05, 0.1) is 18.2 Å². The topological polar surface area (TPSA) is 59.0 Å². The Balaban J connectivity index is 0.00000210. The summed E-state index contributed by atoms with van der Waals surface area (Å²) < 4.78 is 1.81. The smallest absolute Gasteiger partial charge is 0.225 e. The van der Waals surface area contributed by atoms with E-state index in [-0.39, 0.29) is 41.6 Å². The van der Waals surface area contributed by atoms with Gasteiger partial charge in [-0.05, 0) is 34.9 Å². The molecular formula is C21H29ClN4O. The fourth-order valence-corrected chi connectivity index (χ4v) is 4.58. The van der Waals surface area contributed by atoms with E-state index in [1.165, 1.54) is 11.1 Å². The Morgan fingerprint density at radius 3 is 2.81 bits per heavy atom. The molecule has 0 bridgehead atoms. The summed E-state index contributed by atoms with van der Waals surface area (Å²) in [5.41, 5.74) is 3.96. The van der Waals surface area contributed by atoms with Gasteiger partial charge < -0.3 is 10.6 Å². The van der Waals surface area contributed by atoms with Crippen molar-refractivity contribution in [1.82, 2.24) is 20.4 Å². The van der Waals surface area contributed by atoms with E-state index in [0.717, 1.165) is 31.5 Å². The Hall–Kier alpha value is -1.85. The van der Waals surface area contributed by atoms with Crippen molar-refractivity contribution in [1.29, 1.82) is 0 Å². The second-order valence-electron chi connectivity index (χ2n) is 8.39. The van der Waals surface area contributed by atoms with Crippen molar-refractivity contribution in [3.63, 3.8) is 0 Å². The van der Waals surface area contributed by atoms with Crippen LogP contribution in [0.3, 0.4) is 0 Å². The maximum atomic E-state index is 13.1. The van der Waals surface area contributed by atoms with Gasteiger partial charge in [-0.1, -0.05) is 38.1 Å². The lowest BCUT2D eigenvalue weighted by Crippen LogP contribution is -2.40. The molecule has 1 aromatic carbocycles. The van der Waals surface area contributed by atoms with Gasteiger partial charge in [0, 0.05) is 32.3 Å². The summed E-state index contributed by atoms with van der Waals surface area (Å²) in [6.45, 7) is 6.15. The molecule has 1 aliphatic heterocycles. The first kappa shape index (κ1) is 19.9. The zero-order valence-electron chi connectivity index (χ0n) is 16.2. The van der Waals surface area contributed by atoms with Gasteiger partial charge in [0.2, 0.25) is 5.91 Å². The third kappa shape index (κ3) is 3.76. The van der Waals surface area contributed by atoms with Crippen LogP contribution in [0, 0.1) is 5.92 Å². The maximum absolute atomic E-state index is 13.1.